The average Bonchev–Trinajstić information content (AvgIpc) is 3.52. The zero-order valence-electron chi connectivity index (χ0n) is 27.4. The van der Waals surface area contributed by atoms with Crippen LogP contribution in [0.4, 0.5) is 10.3 Å². The largest absolute Gasteiger partial charge is 0.479 e. The van der Waals surface area contributed by atoms with Crippen LogP contribution >= 0.6 is 8.53 Å². The first kappa shape index (κ1) is 34.9. The monoisotopic (exact) mass is 678 g/mol. The number of anilines is 1. The van der Waals surface area contributed by atoms with Gasteiger partial charge in [0.25, 0.3) is 0 Å². The minimum absolute atomic E-state index is 0.0281. The van der Waals surface area contributed by atoms with Crippen molar-refractivity contribution in [2.45, 2.75) is 51.7 Å². The molecule has 3 aromatic carbocycles. The van der Waals surface area contributed by atoms with Crippen LogP contribution in [0.25, 0.3) is 21.9 Å². The van der Waals surface area contributed by atoms with Crippen molar-refractivity contribution in [3.63, 3.8) is 0 Å². The van der Waals surface area contributed by atoms with Crippen molar-refractivity contribution in [1.82, 2.24) is 24.6 Å². The number of carbonyl (C=O) groups excluding carboxylic acids is 1. The lowest BCUT2D eigenvalue weighted by Crippen LogP contribution is -2.41. The van der Waals surface area contributed by atoms with Crippen LogP contribution in [-0.4, -0.2) is 64.6 Å². The number of nitrogens with one attached hydrogen (secondary N) is 1. The van der Waals surface area contributed by atoms with E-state index < -0.39 is 38.9 Å². The molecule has 0 radical (unpaired) electrons. The van der Waals surface area contributed by atoms with Gasteiger partial charge >= 0.3 is 14.5 Å². The minimum Gasteiger partial charge on any atom is -0.479 e. The highest BCUT2D eigenvalue weighted by atomic mass is 31.2. The van der Waals surface area contributed by atoms with Gasteiger partial charge in [0.2, 0.25) is 11.8 Å². The first-order valence-electron chi connectivity index (χ1n) is 15.5. The Kier molecular flexibility index (Phi) is 11.7. The third-order valence-electron chi connectivity index (χ3n) is 7.83. The summed E-state index contributed by atoms with van der Waals surface area (Å²) in [6, 6.07) is 21.3. The van der Waals surface area contributed by atoms with Crippen molar-refractivity contribution >= 4 is 42.4 Å². The Morgan fingerprint density at radius 2 is 1.73 bits per heavy atom. The number of benzene rings is 3. The van der Waals surface area contributed by atoms with E-state index >= 15 is 4.39 Å². The molecule has 3 N–H and O–H groups in total. The van der Waals surface area contributed by atoms with Gasteiger partial charge in [0.1, 0.15) is 30.7 Å². The lowest BCUT2D eigenvalue weighted by molar-refractivity contribution is -0.148. The van der Waals surface area contributed by atoms with Gasteiger partial charge in [-0.2, -0.15) is 9.97 Å². The molecule has 0 fully saturated rings. The summed E-state index contributed by atoms with van der Waals surface area (Å²) < 4.78 is 47.0. The van der Waals surface area contributed by atoms with Crippen LogP contribution in [0, 0.1) is 5.92 Å². The number of fused-ring (bicyclic) bond motifs is 2. The molecule has 0 amide bonds. The number of imidazole rings is 1. The van der Waals surface area contributed by atoms with Gasteiger partial charge in [-0.1, -0.05) is 80.6 Å². The number of ether oxygens (including phenoxy) is 3. The third-order valence-corrected chi connectivity index (χ3v) is 9.07. The molecular weight excluding hydrogens is 638 g/mol. The number of nitrogen functional groups attached to an aromatic ring is 1. The summed E-state index contributed by atoms with van der Waals surface area (Å²) >= 11 is 0. The number of alkyl halides is 1. The zero-order chi connectivity index (χ0) is 34.2. The summed E-state index contributed by atoms with van der Waals surface area (Å²) in [7, 11) is 0.832. The van der Waals surface area contributed by atoms with Crippen LogP contribution in [-0.2, 0) is 25.4 Å². The van der Waals surface area contributed by atoms with Crippen molar-refractivity contribution in [1.29, 1.82) is 0 Å². The van der Waals surface area contributed by atoms with E-state index in [0.717, 1.165) is 16.3 Å². The predicted octanol–water partition coefficient (Wildman–Crippen LogP) is 6.16. The van der Waals surface area contributed by atoms with Crippen LogP contribution in [0.3, 0.4) is 0 Å². The van der Waals surface area contributed by atoms with Crippen molar-refractivity contribution in [3.8, 4) is 11.6 Å². The van der Waals surface area contributed by atoms with Crippen LogP contribution in [0.15, 0.2) is 79.1 Å². The van der Waals surface area contributed by atoms with Crippen molar-refractivity contribution in [2.24, 2.45) is 5.92 Å². The van der Waals surface area contributed by atoms with Gasteiger partial charge in [0.15, 0.2) is 11.2 Å². The molecule has 14 heteroatoms. The smallest absolute Gasteiger partial charge is 0.324 e. The van der Waals surface area contributed by atoms with Crippen molar-refractivity contribution < 1.29 is 32.4 Å². The van der Waals surface area contributed by atoms with E-state index in [9.17, 15) is 4.79 Å². The molecule has 0 aliphatic rings. The molecule has 12 nitrogen and oxygen atoms in total. The van der Waals surface area contributed by atoms with E-state index in [1.165, 1.54) is 20.5 Å². The van der Waals surface area contributed by atoms with Gasteiger partial charge in [0, 0.05) is 12.5 Å². The fourth-order valence-electron chi connectivity index (χ4n) is 5.10. The summed E-state index contributed by atoms with van der Waals surface area (Å²) in [6.07, 6.45) is -1.16. The second-order valence-electron chi connectivity index (χ2n) is 11.4. The van der Waals surface area contributed by atoms with Gasteiger partial charge < -0.3 is 33.6 Å². The Morgan fingerprint density at radius 3 is 2.46 bits per heavy atom. The topological polar surface area (TPSA) is 145 Å². The van der Waals surface area contributed by atoms with Crippen molar-refractivity contribution in [2.75, 3.05) is 26.6 Å². The van der Waals surface area contributed by atoms with E-state index in [2.05, 4.69) is 20.0 Å². The number of hydrogen-bond donors (Lipinski definition) is 2. The lowest BCUT2D eigenvalue weighted by Gasteiger charge is -2.29. The summed E-state index contributed by atoms with van der Waals surface area (Å²) in [4.78, 5) is 26.0. The molecule has 2 heterocycles. The van der Waals surface area contributed by atoms with E-state index in [-0.39, 0.29) is 31.0 Å². The number of nitrogens with zero attached hydrogens (tertiary/aromatic N) is 4. The highest BCUT2D eigenvalue weighted by molar-refractivity contribution is 7.45. The Balaban J connectivity index is 1.36. The second kappa shape index (κ2) is 16.1. The summed E-state index contributed by atoms with van der Waals surface area (Å²) in [5.74, 6) is 0.0538. The quantitative estimate of drug-likeness (QED) is 0.0914. The fourth-order valence-corrected chi connectivity index (χ4v) is 6.53. The van der Waals surface area contributed by atoms with Gasteiger partial charge in [0.05, 0.1) is 26.1 Å². The molecule has 0 bridgehead atoms. The molecule has 0 spiro atoms. The highest BCUT2D eigenvalue weighted by Crippen LogP contribution is 2.41. The minimum atomic E-state index is -2.02. The van der Waals surface area contributed by atoms with E-state index in [0.29, 0.717) is 16.9 Å². The average molecular weight is 679 g/mol. The number of esters is 1. The molecule has 0 aliphatic heterocycles. The maximum Gasteiger partial charge on any atom is 0.324 e. The molecule has 0 saturated heterocycles. The summed E-state index contributed by atoms with van der Waals surface area (Å²) in [6.45, 7) is 5.37. The first-order chi connectivity index (χ1) is 23.2. The fraction of sp³-hybridized carbons (Fsp3) is 0.353. The molecule has 48 heavy (non-hydrogen) atoms. The molecule has 2 aromatic heterocycles. The Labute approximate surface area is 279 Å². The SMILES string of the molecule is COc1nc(N)nc2c1ncn2C(C)C(F)C(COP(NC(C(=O)OCc1ccccc1)C(C)C)Oc1cccc2ccccc12)OC. The summed E-state index contributed by atoms with van der Waals surface area (Å²) in [5, 5.41) is 5.05. The normalized spacial score (nSPS) is 14.8. The molecular formula is C34H40FN6O6P. The van der Waals surface area contributed by atoms with Gasteiger partial charge in [-0.15, -0.1) is 0 Å². The van der Waals surface area contributed by atoms with Gasteiger partial charge in [-0.3, -0.25) is 4.79 Å². The standard InChI is InChI=1S/C34H40FN6O6P/c1-21(2)29(33(42)45-18-23-12-7-6-8-13-23)40-48(47-26-17-11-15-24-14-9-10-16-25(24)26)46-19-27(43-4)28(35)22(3)41-20-37-30-31(41)38-34(36)39-32(30)44-5/h6-17,20-22,27-29,40H,18-19H2,1-5H3,(H2,36,38,39). The molecule has 5 unspecified atom stereocenters. The van der Waals surface area contributed by atoms with E-state index in [1.807, 2.05) is 86.6 Å². The molecule has 254 valence electrons. The van der Waals surface area contributed by atoms with Crippen molar-refractivity contribution in [3.05, 3.63) is 84.7 Å². The number of aromatic nitrogens is 4. The number of rotatable bonds is 16. The number of methoxy groups -OCH3 is 2. The highest BCUT2D eigenvalue weighted by Gasteiger charge is 2.34. The number of nitrogens with two attached hydrogens (primary N) is 1. The predicted molar refractivity (Wildman–Crippen MR) is 182 cm³/mol. The number of carbonyl (C=O) groups is 1. The van der Waals surface area contributed by atoms with Gasteiger partial charge in [-0.25, -0.2) is 14.5 Å². The maximum atomic E-state index is 16.2. The lowest BCUT2D eigenvalue weighted by atomic mass is 10.1. The Hall–Kier alpha value is -4.42. The molecule has 0 saturated carbocycles. The molecule has 0 aliphatic carbocycles. The molecule has 5 aromatic rings. The zero-order valence-corrected chi connectivity index (χ0v) is 28.3. The van der Waals surface area contributed by atoms with Crippen LogP contribution < -0.4 is 20.1 Å². The number of halogens is 1. The second-order valence-corrected chi connectivity index (χ2v) is 12.7. The Bertz CT molecular complexity index is 1810. The van der Waals surface area contributed by atoms with Gasteiger partial charge in [-0.05, 0) is 29.9 Å². The first-order valence-corrected chi connectivity index (χ1v) is 16.6. The molecule has 5 rings (SSSR count). The third kappa shape index (κ3) is 8.16. The summed E-state index contributed by atoms with van der Waals surface area (Å²) in [5.41, 5.74) is 7.41. The van der Waals surface area contributed by atoms with E-state index in [4.69, 9.17) is 29.0 Å². The Morgan fingerprint density at radius 1 is 1.00 bits per heavy atom. The number of hydrogen-bond acceptors (Lipinski definition) is 11. The maximum absolute atomic E-state index is 16.2. The van der Waals surface area contributed by atoms with Crippen LogP contribution in [0.1, 0.15) is 32.4 Å². The van der Waals surface area contributed by atoms with Crippen LogP contribution in [0.5, 0.6) is 11.6 Å². The molecule has 5 atom stereocenters. The van der Waals surface area contributed by atoms with Crippen LogP contribution in [0.2, 0.25) is 0 Å². The van der Waals surface area contributed by atoms with E-state index in [1.54, 1.807) is 11.5 Å².